The summed E-state index contributed by atoms with van der Waals surface area (Å²) < 4.78 is 136. The number of carbonyl (C=O) groups excluding carboxylic acids is 1. The van der Waals surface area contributed by atoms with Gasteiger partial charge in [0.1, 0.15) is 10.6 Å². The summed E-state index contributed by atoms with van der Waals surface area (Å²) in [4.78, 5) is 14.7. The van der Waals surface area contributed by atoms with Gasteiger partial charge in [-0.3, -0.25) is 4.79 Å². The molecule has 42 heavy (non-hydrogen) atoms. The molecule has 1 aliphatic heterocycles. The van der Waals surface area contributed by atoms with Gasteiger partial charge in [-0.15, -0.1) is 0 Å². The highest BCUT2D eigenvalue weighted by Gasteiger charge is 2.74. The maximum Gasteiger partial charge on any atom is 0.435 e. The van der Waals surface area contributed by atoms with Gasteiger partial charge in [0.25, 0.3) is 0 Å². The SMILES string of the molecule is O=C([C@H]1CC[C@H](O)CC1)N1CC[C@@]2(S(=O)(=O)c3ccc(F)cc3)c3ccc(C(F)(C(F)(F)F)C(F)(F)F)cc3CC[C@@H]12. The molecule has 5 rings (SSSR count). The van der Waals surface area contributed by atoms with Crippen molar-refractivity contribution >= 4 is 15.7 Å². The van der Waals surface area contributed by atoms with E-state index in [-0.39, 0.29) is 47.7 Å². The van der Waals surface area contributed by atoms with E-state index < -0.39 is 62.1 Å². The van der Waals surface area contributed by atoms with Crippen molar-refractivity contribution in [2.45, 2.75) is 84.8 Å². The van der Waals surface area contributed by atoms with Crippen molar-refractivity contribution in [2.24, 2.45) is 5.92 Å². The average Bonchev–Trinajstić information content (AvgIpc) is 3.33. The number of amides is 1. The summed E-state index contributed by atoms with van der Waals surface area (Å²) in [6.07, 6.45) is -12.3. The fourth-order valence-corrected chi connectivity index (χ4v) is 9.24. The van der Waals surface area contributed by atoms with Crippen LogP contribution in [-0.2, 0) is 31.5 Å². The van der Waals surface area contributed by atoms with Crippen molar-refractivity contribution in [1.82, 2.24) is 4.90 Å². The Hall–Kier alpha value is -2.74. The summed E-state index contributed by atoms with van der Waals surface area (Å²) in [5, 5.41) is 9.85. The van der Waals surface area contributed by atoms with Gasteiger partial charge in [0.2, 0.25) is 5.91 Å². The van der Waals surface area contributed by atoms with E-state index in [0.717, 1.165) is 30.3 Å². The second-order valence-corrected chi connectivity index (χ2v) is 13.4. The van der Waals surface area contributed by atoms with E-state index in [2.05, 4.69) is 0 Å². The van der Waals surface area contributed by atoms with E-state index in [1.54, 1.807) is 0 Å². The fourth-order valence-electron chi connectivity index (χ4n) is 6.88. The molecule has 1 N–H and O–H groups in total. The van der Waals surface area contributed by atoms with Gasteiger partial charge in [-0.2, -0.15) is 26.3 Å². The molecule has 0 bridgehead atoms. The number of aliphatic hydroxyl groups is 1. The molecule has 0 aromatic heterocycles. The van der Waals surface area contributed by atoms with Crippen molar-refractivity contribution in [3.8, 4) is 0 Å². The summed E-state index contributed by atoms with van der Waals surface area (Å²) >= 11 is 0. The number of sulfone groups is 1. The molecule has 0 radical (unpaired) electrons. The molecule has 1 heterocycles. The first-order chi connectivity index (χ1) is 19.4. The number of hydrogen-bond acceptors (Lipinski definition) is 4. The number of nitrogens with zero attached hydrogens (tertiary/aromatic N) is 1. The van der Waals surface area contributed by atoms with Gasteiger partial charge in [0.15, 0.2) is 9.84 Å². The maximum atomic E-state index is 14.9. The van der Waals surface area contributed by atoms with Crippen LogP contribution in [0.1, 0.15) is 55.2 Å². The second kappa shape index (κ2) is 10.2. The van der Waals surface area contributed by atoms with E-state index in [9.17, 15) is 53.4 Å². The maximum absolute atomic E-state index is 14.9. The van der Waals surface area contributed by atoms with Gasteiger partial charge < -0.3 is 10.0 Å². The minimum Gasteiger partial charge on any atom is -0.393 e. The first-order valence-electron chi connectivity index (χ1n) is 13.4. The molecule has 2 atom stereocenters. The number of hydrogen-bond donors (Lipinski definition) is 1. The van der Waals surface area contributed by atoms with Crippen LogP contribution in [0.5, 0.6) is 0 Å². The van der Waals surface area contributed by atoms with Crippen LogP contribution in [0.15, 0.2) is 47.4 Å². The second-order valence-electron chi connectivity index (χ2n) is 11.2. The van der Waals surface area contributed by atoms with E-state index in [0.29, 0.717) is 37.8 Å². The molecule has 1 saturated heterocycles. The monoisotopic (exact) mass is 625 g/mol. The van der Waals surface area contributed by atoms with Gasteiger partial charge in [-0.1, -0.05) is 18.2 Å². The topological polar surface area (TPSA) is 74.7 Å². The molecule has 2 fully saturated rings. The number of fused-ring (bicyclic) bond motifs is 3. The number of carbonyl (C=O) groups is 1. The Labute approximate surface area is 236 Å². The Morgan fingerprint density at radius 3 is 2.05 bits per heavy atom. The highest BCUT2D eigenvalue weighted by molar-refractivity contribution is 7.92. The third-order valence-corrected chi connectivity index (χ3v) is 11.5. The standard InChI is InChI=1S/C28H27F8NO4S/c29-19-5-9-21(10-6-19)42(40,41)25-13-14-37(24(39)16-1-7-20(38)8-2-16)23(25)12-3-17-15-18(4-11-22(17)25)26(30,27(31,32)33)28(34,35)36/h4-6,9-11,15-16,20,23,38H,1-3,7-8,12-14H2/t16-,20-,23-,25-/m1/s1. The normalized spacial score (nSPS) is 27.0. The number of alkyl halides is 7. The molecule has 1 amide bonds. The molecule has 0 unspecified atom stereocenters. The van der Waals surface area contributed by atoms with Crippen LogP contribution in [0.4, 0.5) is 35.1 Å². The van der Waals surface area contributed by atoms with E-state index in [1.165, 1.54) is 4.90 Å². The van der Waals surface area contributed by atoms with E-state index >= 15 is 0 Å². The highest BCUT2D eigenvalue weighted by Crippen LogP contribution is 2.57. The number of aryl methyl sites for hydroxylation is 1. The Balaban J connectivity index is 1.66. The minimum atomic E-state index is -6.35. The first kappa shape index (κ1) is 30.7. The van der Waals surface area contributed by atoms with Crippen LogP contribution in [0.3, 0.4) is 0 Å². The number of aliphatic hydroxyl groups excluding tert-OH is 1. The third-order valence-electron chi connectivity index (χ3n) is 9.00. The zero-order valence-corrected chi connectivity index (χ0v) is 22.8. The molecule has 3 aliphatic rings. The molecule has 1 saturated carbocycles. The lowest BCUT2D eigenvalue weighted by Gasteiger charge is -2.44. The molecule has 2 aliphatic carbocycles. The van der Waals surface area contributed by atoms with Crippen LogP contribution < -0.4 is 0 Å². The fraction of sp³-hybridized carbons (Fsp3) is 0.536. The molecular weight excluding hydrogens is 598 g/mol. The van der Waals surface area contributed by atoms with Gasteiger partial charge in [0.05, 0.1) is 17.0 Å². The Morgan fingerprint density at radius 1 is 0.881 bits per heavy atom. The van der Waals surface area contributed by atoms with Gasteiger partial charge in [-0.05, 0) is 80.3 Å². The predicted molar refractivity (Wildman–Crippen MR) is 133 cm³/mol. The molecule has 14 heteroatoms. The summed E-state index contributed by atoms with van der Waals surface area (Å²) in [5.74, 6) is -1.58. The summed E-state index contributed by atoms with van der Waals surface area (Å²) in [5.41, 5.74) is -7.74. The molecule has 5 nitrogen and oxygen atoms in total. The first-order valence-corrected chi connectivity index (χ1v) is 14.9. The molecule has 2 aromatic rings. The minimum absolute atomic E-state index is 0.0671. The van der Waals surface area contributed by atoms with Crippen molar-refractivity contribution in [3.63, 3.8) is 0 Å². The Bertz CT molecular complexity index is 1450. The lowest BCUT2D eigenvalue weighted by Crippen LogP contribution is -2.53. The third kappa shape index (κ3) is 4.51. The van der Waals surface area contributed by atoms with Gasteiger partial charge in [0, 0.05) is 18.0 Å². The van der Waals surface area contributed by atoms with Crippen LogP contribution in [0.25, 0.3) is 0 Å². The lowest BCUT2D eigenvalue weighted by molar-refractivity contribution is -0.348. The van der Waals surface area contributed by atoms with Gasteiger partial charge >= 0.3 is 18.0 Å². The lowest BCUT2D eigenvalue weighted by atomic mass is 9.76. The average molecular weight is 626 g/mol. The van der Waals surface area contributed by atoms with Crippen LogP contribution in [0.2, 0.25) is 0 Å². The largest absolute Gasteiger partial charge is 0.435 e. The van der Waals surface area contributed by atoms with E-state index in [4.69, 9.17) is 0 Å². The number of likely N-dealkylation sites (tertiary alicyclic amines) is 1. The summed E-state index contributed by atoms with van der Waals surface area (Å²) in [7, 11) is -4.54. The Morgan fingerprint density at radius 2 is 1.48 bits per heavy atom. The van der Waals surface area contributed by atoms with Crippen LogP contribution in [0, 0.1) is 11.7 Å². The van der Waals surface area contributed by atoms with Crippen molar-refractivity contribution in [2.75, 3.05) is 6.54 Å². The summed E-state index contributed by atoms with van der Waals surface area (Å²) in [6, 6.07) is 4.29. The number of halogens is 8. The zero-order valence-electron chi connectivity index (χ0n) is 22.0. The van der Waals surface area contributed by atoms with Crippen molar-refractivity contribution < 1.29 is 53.4 Å². The predicted octanol–water partition coefficient (Wildman–Crippen LogP) is 5.88. The van der Waals surface area contributed by atoms with E-state index in [1.807, 2.05) is 0 Å². The van der Waals surface area contributed by atoms with Crippen molar-refractivity contribution in [1.29, 1.82) is 0 Å². The smallest absolute Gasteiger partial charge is 0.393 e. The molecule has 2 aromatic carbocycles. The van der Waals surface area contributed by atoms with Crippen LogP contribution in [-0.4, -0.2) is 55.4 Å². The number of rotatable bonds is 4. The highest BCUT2D eigenvalue weighted by atomic mass is 32.2. The van der Waals surface area contributed by atoms with Gasteiger partial charge in [-0.25, -0.2) is 17.2 Å². The van der Waals surface area contributed by atoms with Crippen molar-refractivity contribution in [3.05, 3.63) is 65.0 Å². The summed E-state index contributed by atoms with van der Waals surface area (Å²) in [6.45, 7) is -0.0671. The Kier molecular flexibility index (Phi) is 7.44. The zero-order chi connectivity index (χ0) is 30.9. The van der Waals surface area contributed by atoms with Crippen LogP contribution >= 0.6 is 0 Å². The quantitative estimate of drug-likeness (QED) is 0.340. The molecule has 230 valence electrons. The number of benzene rings is 2. The molecule has 0 spiro atoms. The molecular formula is C28H27F8NO4S.